The molecule has 3 heterocycles. The normalized spacial score (nSPS) is 15.5. The van der Waals surface area contributed by atoms with Crippen LogP contribution in [0.25, 0.3) is 28.0 Å². The monoisotopic (exact) mass is 537 g/mol. The number of benzene rings is 2. The Morgan fingerprint density at radius 2 is 1.73 bits per heavy atom. The Morgan fingerprint density at radius 3 is 2.35 bits per heavy atom. The highest BCUT2D eigenvalue weighted by Gasteiger charge is 2.40. The van der Waals surface area contributed by atoms with Crippen LogP contribution in [0.15, 0.2) is 48.5 Å². The van der Waals surface area contributed by atoms with Gasteiger partial charge in [0.1, 0.15) is 17.1 Å². The van der Waals surface area contributed by atoms with E-state index < -0.39 is 5.54 Å². The van der Waals surface area contributed by atoms with E-state index in [2.05, 4.69) is 10.2 Å². The summed E-state index contributed by atoms with van der Waals surface area (Å²) in [6, 6.07) is 15.4. The van der Waals surface area contributed by atoms with Gasteiger partial charge in [-0.25, -0.2) is 0 Å². The molecule has 8 nitrogen and oxygen atoms in total. The van der Waals surface area contributed by atoms with Gasteiger partial charge < -0.3 is 16.0 Å². The summed E-state index contributed by atoms with van der Waals surface area (Å²) in [4.78, 5) is 24.2. The minimum absolute atomic E-state index is 0.144. The zero-order chi connectivity index (χ0) is 26.3. The summed E-state index contributed by atoms with van der Waals surface area (Å²) < 4.78 is 1.75. The van der Waals surface area contributed by atoms with Gasteiger partial charge in [-0.3, -0.25) is 4.79 Å². The van der Waals surface area contributed by atoms with Crippen molar-refractivity contribution >= 4 is 40.7 Å². The molecule has 10 heteroatoms. The highest BCUT2D eigenvalue weighted by Crippen LogP contribution is 2.38. The number of nitrogens with one attached hydrogen (secondary N) is 1. The fourth-order valence-electron chi connectivity index (χ4n) is 5.02. The number of carbonyl (C=O) groups is 1. The number of halogens is 2. The van der Waals surface area contributed by atoms with Crippen LogP contribution in [0.4, 0.5) is 5.95 Å². The van der Waals surface area contributed by atoms with Crippen LogP contribution in [0, 0.1) is 6.92 Å². The number of fused-ring (bicyclic) bond motifs is 1. The number of hydrogen-bond acceptors (Lipinski definition) is 6. The average molecular weight is 538 g/mol. The van der Waals surface area contributed by atoms with Gasteiger partial charge in [-0.1, -0.05) is 53.5 Å². The highest BCUT2D eigenvalue weighted by molar-refractivity contribution is 6.33. The maximum Gasteiger partial charge on any atom is 0.237 e. The number of nitrogens with zero attached hydrogens (tertiary/aromatic N) is 5. The first-order valence-corrected chi connectivity index (χ1v) is 13.0. The number of carbonyl (C=O) groups excluding carboxylic acids is 1. The zero-order valence-corrected chi connectivity index (χ0v) is 22.5. The fraction of sp³-hybridized carbons (Fsp3) is 0.333. The molecule has 1 fully saturated rings. The van der Waals surface area contributed by atoms with Gasteiger partial charge in [-0.2, -0.15) is 19.6 Å². The lowest BCUT2D eigenvalue weighted by molar-refractivity contribution is -0.125. The average Bonchev–Trinajstić information content (AvgIpc) is 3.24. The molecule has 0 radical (unpaired) electrons. The Kier molecular flexibility index (Phi) is 6.83. The molecule has 3 N–H and O–H groups in total. The number of amides is 1. The number of anilines is 1. The number of rotatable bonds is 6. The molecule has 4 aromatic rings. The Bertz CT molecular complexity index is 1460. The van der Waals surface area contributed by atoms with Crippen LogP contribution in [0.5, 0.6) is 0 Å². The van der Waals surface area contributed by atoms with Crippen molar-refractivity contribution in [1.82, 2.24) is 24.9 Å². The number of primary amides is 1. The van der Waals surface area contributed by atoms with E-state index in [0.717, 1.165) is 22.4 Å². The van der Waals surface area contributed by atoms with Crippen LogP contribution in [-0.4, -0.2) is 50.2 Å². The standard InChI is InChI=1S/C27H29Cl2N7O/c1-16(2)33-27(25(30)37)12-14-35(15-13-27)26-31-17(3)36-24(32-26)22(18-8-10-19(28)11-9-18)23(34-36)20-6-4-5-7-21(20)29/h4-11,16,33H,12-15H2,1-3H3,(H2,30,37). The van der Waals surface area contributed by atoms with Crippen LogP contribution < -0.4 is 16.0 Å². The molecule has 0 saturated carbocycles. The number of hydrogen-bond donors (Lipinski definition) is 2. The summed E-state index contributed by atoms with van der Waals surface area (Å²) >= 11 is 12.8. The van der Waals surface area contributed by atoms with E-state index in [9.17, 15) is 4.79 Å². The molecule has 0 bridgehead atoms. The molecule has 0 unspecified atom stereocenters. The molecule has 5 rings (SSSR count). The van der Waals surface area contributed by atoms with Crippen LogP contribution in [-0.2, 0) is 4.79 Å². The summed E-state index contributed by atoms with van der Waals surface area (Å²) in [5.74, 6) is 0.965. The second-order valence-corrected chi connectivity index (χ2v) is 10.6. The third-order valence-electron chi connectivity index (χ3n) is 6.83. The molecule has 37 heavy (non-hydrogen) atoms. The topological polar surface area (TPSA) is 101 Å². The van der Waals surface area contributed by atoms with Gasteiger partial charge in [-0.05, 0) is 57.4 Å². The predicted molar refractivity (Wildman–Crippen MR) is 148 cm³/mol. The first kappa shape index (κ1) is 25.4. The quantitative estimate of drug-likeness (QED) is 0.362. The Balaban J connectivity index is 1.61. The van der Waals surface area contributed by atoms with Crippen molar-refractivity contribution in [3.05, 3.63) is 64.4 Å². The van der Waals surface area contributed by atoms with Gasteiger partial charge in [0, 0.05) is 29.7 Å². The van der Waals surface area contributed by atoms with E-state index in [-0.39, 0.29) is 11.9 Å². The summed E-state index contributed by atoms with van der Waals surface area (Å²) in [6.45, 7) is 7.14. The van der Waals surface area contributed by atoms with Gasteiger partial charge in [0.25, 0.3) is 0 Å². The summed E-state index contributed by atoms with van der Waals surface area (Å²) in [7, 11) is 0. The second kappa shape index (κ2) is 9.93. The lowest BCUT2D eigenvalue weighted by Crippen LogP contribution is -2.62. The lowest BCUT2D eigenvalue weighted by Gasteiger charge is -2.41. The third-order valence-corrected chi connectivity index (χ3v) is 7.42. The van der Waals surface area contributed by atoms with E-state index >= 15 is 0 Å². The predicted octanol–water partition coefficient (Wildman–Crippen LogP) is 4.90. The third kappa shape index (κ3) is 4.77. The van der Waals surface area contributed by atoms with E-state index in [1.54, 1.807) is 4.52 Å². The van der Waals surface area contributed by atoms with Crippen molar-refractivity contribution in [3.8, 4) is 22.4 Å². The molecular weight excluding hydrogens is 509 g/mol. The van der Waals surface area contributed by atoms with Gasteiger partial charge in [-0.15, -0.1) is 0 Å². The molecule has 192 valence electrons. The van der Waals surface area contributed by atoms with Crippen LogP contribution in [0.2, 0.25) is 10.0 Å². The summed E-state index contributed by atoms with van der Waals surface area (Å²) in [6.07, 6.45) is 1.14. The van der Waals surface area contributed by atoms with Crippen LogP contribution in [0.1, 0.15) is 32.5 Å². The Morgan fingerprint density at radius 1 is 1.05 bits per heavy atom. The minimum atomic E-state index is -0.730. The Hall–Kier alpha value is -3.20. The maximum atomic E-state index is 12.4. The molecule has 0 aliphatic carbocycles. The molecule has 2 aromatic heterocycles. The van der Waals surface area contributed by atoms with Crippen molar-refractivity contribution in [3.63, 3.8) is 0 Å². The van der Waals surface area contributed by atoms with Crippen molar-refractivity contribution in [2.75, 3.05) is 18.0 Å². The zero-order valence-electron chi connectivity index (χ0n) is 21.0. The second-order valence-electron chi connectivity index (χ2n) is 9.75. The molecule has 0 spiro atoms. The number of aryl methyl sites for hydroxylation is 1. The van der Waals surface area contributed by atoms with E-state index in [1.165, 1.54) is 0 Å². The van der Waals surface area contributed by atoms with Crippen molar-refractivity contribution < 1.29 is 4.79 Å². The number of piperidine rings is 1. The van der Waals surface area contributed by atoms with E-state index in [1.807, 2.05) is 69.3 Å². The van der Waals surface area contributed by atoms with Gasteiger partial charge in [0.2, 0.25) is 11.9 Å². The number of nitrogens with two attached hydrogens (primary N) is 1. The Labute approximate surface area is 225 Å². The minimum Gasteiger partial charge on any atom is -0.368 e. The fourth-order valence-corrected chi connectivity index (χ4v) is 5.37. The van der Waals surface area contributed by atoms with E-state index in [0.29, 0.717) is 53.4 Å². The smallest absolute Gasteiger partial charge is 0.237 e. The van der Waals surface area contributed by atoms with Gasteiger partial charge >= 0.3 is 0 Å². The molecule has 2 aromatic carbocycles. The molecule has 1 amide bonds. The molecule has 1 aliphatic rings. The largest absolute Gasteiger partial charge is 0.368 e. The van der Waals surface area contributed by atoms with E-state index in [4.69, 9.17) is 44.0 Å². The molecule has 0 atom stereocenters. The summed E-state index contributed by atoms with van der Waals surface area (Å²) in [5, 5.41) is 9.53. The van der Waals surface area contributed by atoms with Crippen molar-refractivity contribution in [2.24, 2.45) is 5.73 Å². The SMILES string of the molecule is Cc1nc(N2CCC(NC(C)C)(C(N)=O)CC2)nc2c(-c3ccc(Cl)cc3)c(-c3ccccc3Cl)nn12. The molecule has 1 aliphatic heterocycles. The van der Waals surface area contributed by atoms with Gasteiger partial charge in [0.15, 0.2) is 5.65 Å². The first-order chi connectivity index (χ1) is 17.7. The van der Waals surface area contributed by atoms with Crippen molar-refractivity contribution in [1.29, 1.82) is 0 Å². The number of aromatic nitrogens is 4. The first-order valence-electron chi connectivity index (χ1n) is 12.3. The van der Waals surface area contributed by atoms with Crippen molar-refractivity contribution in [2.45, 2.75) is 45.2 Å². The molecular formula is C27H29Cl2N7O. The highest BCUT2D eigenvalue weighted by atomic mass is 35.5. The van der Waals surface area contributed by atoms with Crippen LogP contribution in [0.3, 0.4) is 0 Å². The lowest BCUT2D eigenvalue weighted by atomic mass is 9.86. The van der Waals surface area contributed by atoms with Crippen LogP contribution >= 0.6 is 23.2 Å². The maximum absolute atomic E-state index is 12.4. The summed E-state index contributed by atoms with van der Waals surface area (Å²) in [5.41, 5.74) is 9.06. The van der Waals surface area contributed by atoms with Gasteiger partial charge in [0.05, 0.1) is 10.6 Å². The molecule has 1 saturated heterocycles.